The molecule has 0 amide bonds. The number of aryl methyl sites for hydroxylation is 1. The van der Waals surface area contributed by atoms with E-state index >= 15 is 0 Å². The minimum absolute atomic E-state index is 0.518. The maximum Gasteiger partial charge on any atom is 0.223 e. The molecule has 162 valence electrons. The predicted octanol–water partition coefficient (Wildman–Crippen LogP) is 5.08. The number of rotatable bonds is 6. The Balaban J connectivity index is 1.35. The number of anilines is 1. The summed E-state index contributed by atoms with van der Waals surface area (Å²) < 4.78 is 5.60. The van der Waals surface area contributed by atoms with Gasteiger partial charge in [0.1, 0.15) is 11.4 Å². The highest BCUT2D eigenvalue weighted by Crippen LogP contribution is 2.29. The van der Waals surface area contributed by atoms with Crippen molar-refractivity contribution in [2.75, 3.05) is 12.4 Å². The molecule has 5 rings (SSSR count). The molecule has 5 aromatic rings. The van der Waals surface area contributed by atoms with Crippen LogP contribution in [0.5, 0.6) is 5.75 Å². The molecule has 0 unspecified atom stereocenters. The molecule has 7 heteroatoms. The van der Waals surface area contributed by atoms with Crippen LogP contribution in [0.1, 0.15) is 11.3 Å². The smallest absolute Gasteiger partial charge is 0.223 e. The number of nitrogens with one attached hydrogen (secondary N) is 1. The third kappa shape index (κ3) is 4.48. The molecule has 0 aliphatic rings. The van der Waals surface area contributed by atoms with Crippen molar-refractivity contribution < 1.29 is 4.74 Å². The summed E-state index contributed by atoms with van der Waals surface area (Å²) in [6.07, 6.45) is 7.16. The molecular formula is C26H22N6O. The first-order chi connectivity index (χ1) is 16.2. The van der Waals surface area contributed by atoms with Crippen LogP contribution in [0.3, 0.4) is 0 Å². The normalized spacial score (nSPS) is 10.8. The topological polar surface area (TPSA) is 85.7 Å². The second-order valence-corrected chi connectivity index (χ2v) is 7.61. The lowest BCUT2D eigenvalue weighted by molar-refractivity contribution is 0.414. The quantitative estimate of drug-likeness (QED) is 0.399. The lowest BCUT2D eigenvalue weighted by atomic mass is 10.1. The van der Waals surface area contributed by atoms with Gasteiger partial charge in [-0.1, -0.05) is 12.1 Å². The Morgan fingerprint density at radius 2 is 1.76 bits per heavy atom. The Labute approximate surface area is 191 Å². The van der Waals surface area contributed by atoms with E-state index in [4.69, 9.17) is 4.74 Å². The van der Waals surface area contributed by atoms with Gasteiger partial charge in [0.25, 0.3) is 0 Å². The molecule has 0 saturated carbocycles. The molecule has 0 radical (unpaired) electrons. The second kappa shape index (κ2) is 9.00. The average molecular weight is 435 g/mol. The van der Waals surface area contributed by atoms with Gasteiger partial charge in [0.05, 0.1) is 18.3 Å². The van der Waals surface area contributed by atoms with Gasteiger partial charge in [-0.05, 0) is 55.0 Å². The predicted molar refractivity (Wildman–Crippen MR) is 129 cm³/mol. The molecule has 0 aliphatic heterocycles. The standard InChI is InChI=1S/C26H22N6O/c1-17-12-21(7-10-27-17)25-24(33-2)13-18(15-30-25)16-31-26-29-11-8-23(32-26)20-5-6-22-19(14-20)4-3-9-28-22/h3-15H,16H2,1-2H3,(H,29,31,32). The zero-order chi connectivity index (χ0) is 22.6. The first kappa shape index (κ1) is 20.5. The summed E-state index contributed by atoms with van der Waals surface area (Å²) in [4.78, 5) is 22.3. The van der Waals surface area contributed by atoms with Gasteiger partial charge in [-0.2, -0.15) is 0 Å². The van der Waals surface area contributed by atoms with E-state index in [2.05, 4.69) is 36.3 Å². The van der Waals surface area contributed by atoms with E-state index in [1.807, 2.05) is 61.7 Å². The number of pyridine rings is 3. The Morgan fingerprint density at radius 1 is 0.848 bits per heavy atom. The zero-order valence-electron chi connectivity index (χ0n) is 18.4. The van der Waals surface area contributed by atoms with E-state index in [1.54, 1.807) is 25.7 Å². The van der Waals surface area contributed by atoms with E-state index < -0.39 is 0 Å². The van der Waals surface area contributed by atoms with E-state index in [-0.39, 0.29) is 0 Å². The molecule has 33 heavy (non-hydrogen) atoms. The SMILES string of the molecule is COc1cc(CNc2nccc(-c3ccc4ncccc4c3)n2)cnc1-c1ccnc(C)c1. The van der Waals surface area contributed by atoms with Gasteiger partial charge in [-0.15, -0.1) is 0 Å². The molecule has 4 aromatic heterocycles. The lowest BCUT2D eigenvalue weighted by Gasteiger charge is -2.11. The maximum atomic E-state index is 5.60. The summed E-state index contributed by atoms with van der Waals surface area (Å²) in [7, 11) is 1.65. The molecule has 0 atom stereocenters. The monoisotopic (exact) mass is 434 g/mol. The van der Waals surface area contributed by atoms with Crippen LogP contribution in [-0.4, -0.2) is 32.0 Å². The van der Waals surface area contributed by atoms with Crippen LogP contribution in [0.15, 0.2) is 79.4 Å². The average Bonchev–Trinajstić information content (AvgIpc) is 2.87. The summed E-state index contributed by atoms with van der Waals surface area (Å²) in [6.45, 7) is 2.47. The van der Waals surface area contributed by atoms with E-state index in [9.17, 15) is 0 Å². The lowest BCUT2D eigenvalue weighted by Crippen LogP contribution is -2.05. The van der Waals surface area contributed by atoms with Crippen LogP contribution >= 0.6 is 0 Å². The van der Waals surface area contributed by atoms with Crippen LogP contribution in [0.4, 0.5) is 5.95 Å². The van der Waals surface area contributed by atoms with Crippen molar-refractivity contribution in [3.05, 3.63) is 90.6 Å². The van der Waals surface area contributed by atoms with Crippen molar-refractivity contribution in [1.29, 1.82) is 0 Å². The minimum atomic E-state index is 0.518. The number of nitrogens with zero attached hydrogens (tertiary/aromatic N) is 5. The third-order valence-corrected chi connectivity index (χ3v) is 5.30. The van der Waals surface area contributed by atoms with Crippen LogP contribution in [0.25, 0.3) is 33.4 Å². The number of benzene rings is 1. The van der Waals surface area contributed by atoms with Crippen molar-refractivity contribution >= 4 is 16.9 Å². The number of hydrogen-bond acceptors (Lipinski definition) is 7. The number of aromatic nitrogens is 5. The van der Waals surface area contributed by atoms with Crippen molar-refractivity contribution in [2.45, 2.75) is 13.5 Å². The fourth-order valence-electron chi connectivity index (χ4n) is 3.67. The highest BCUT2D eigenvalue weighted by Gasteiger charge is 2.10. The summed E-state index contributed by atoms with van der Waals surface area (Å²) in [5.41, 5.74) is 6.48. The molecular weight excluding hydrogens is 412 g/mol. The van der Waals surface area contributed by atoms with Crippen LogP contribution in [-0.2, 0) is 6.54 Å². The highest BCUT2D eigenvalue weighted by molar-refractivity contribution is 5.83. The molecule has 0 aliphatic carbocycles. The number of hydrogen-bond donors (Lipinski definition) is 1. The second-order valence-electron chi connectivity index (χ2n) is 7.61. The third-order valence-electron chi connectivity index (χ3n) is 5.30. The maximum absolute atomic E-state index is 5.60. The Kier molecular flexibility index (Phi) is 5.59. The largest absolute Gasteiger partial charge is 0.494 e. The number of methoxy groups -OCH3 is 1. The Bertz CT molecular complexity index is 1440. The fourth-order valence-corrected chi connectivity index (χ4v) is 3.67. The van der Waals surface area contributed by atoms with E-state index in [1.165, 1.54) is 0 Å². The Hall–Kier alpha value is -4.39. The molecule has 0 bridgehead atoms. The van der Waals surface area contributed by atoms with Crippen LogP contribution in [0.2, 0.25) is 0 Å². The van der Waals surface area contributed by atoms with Gasteiger partial charge < -0.3 is 10.1 Å². The summed E-state index contributed by atoms with van der Waals surface area (Å²) in [5, 5.41) is 4.36. The molecule has 7 nitrogen and oxygen atoms in total. The van der Waals surface area contributed by atoms with Crippen LogP contribution in [0, 0.1) is 6.92 Å². The van der Waals surface area contributed by atoms with Gasteiger partial charge in [0, 0.05) is 53.5 Å². The van der Waals surface area contributed by atoms with Crippen molar-refractivity contribution in [2.24, 2.45) is 0 Å². The zero-order valence-corrected chi connectivity index (χ0v) is 18.4. The Morgan fingerprint density at radius 3 is 2.64 bits per heavy atom. The number of ether oxygens (including phenoxy) is 1. The van der Waals surface area contributed by atoms with Gasteiger partial charge in [0.2, 0.25) is 5.95 Å². The van der Waals surface area contributed by atoms with E-state index in [0.29, 0.717) is 18.2 Å². The summed E-state index contributed by atoms with van der Waals surface area (Å²) in [5.74, 6) is 1.26. The summed E-state index contributed by atoms with van der Waals surface area (Å²) in [6, 6.07) is 17.9. The molecule has 1 aromatic carbocycles. The number of fused-ring (bicyclic) bond motifs is 1. The van der Waals surface area contributed by atoms with E-state index in [0.717, 1.165) is 44.7 Å². The molecule has 0 spiro atoms. The van der Waals surface area contributed by atoms with Gasteiger partial charge in [0.15, 0.2) is 0 Å². The van der Waals surface area contributed by atoms with Crippen LogP contribution < -0.4 is 10.1 Å². The van der Waals surface area contributed by atoms with Crippen molar-refractivity contribution in [1.82, 2.24) is 24.9 Å². The first-order valence-electron chi connectivity index (χ1n) is 10.6. The molecule has 0 fully saturated rings. The molecule has 0 saturated heterocycles. The summed E-state index contributed by atoms with van der Waals surface area (Å²) >= 11 is 0. The van der Waals surface area contributed by atoms with Gasteiger partial charge >= 0.3 is 0 Å². The van der Waals surface area contributed by atoms with Crippen molar-refractivity contribution in [3.8, 4) is 28.3 Å². The van der Waals surface area contributed by atoms with Gasteiger partial charge in [-0.25, -0.2) is 9.97 Å². The van der Waals surface area contributed by atoms with Gasteiger partial charge in [-0.3, -0.25) is 15.0 Å². The molecule has 4 heterocycles. The van der Waals surface area contributed by atoms with Crippen molar-refractivity contribution in [3.63, 3.8) is 0 Å². The first-order valence-corrected chi connectivity index (χ1v) is 10.6. The molecule has 1 N–H and O–H groups in total. The fraction of sp³-hybridized carbons (Fsp3) is 0.115. The minimum Gasteiger partial charge on any atom is -0.494 e. The highest BCUT2D eigenvalue weighted by atomic mass is 16.5.